The highest BCUT2D eigenvalue weighted by atomic mass is 16.4. The standard InChI is InChI=1S/C6H12N2O3/c1-3(5(8)9)2-4(7)6(10)11/h3-4H,2,7H2,1H3,(H2,8,9)(H,10,11)/t3?,4-/m1/s1. The molecule has 0 aliphatic rings. The zero-order chi connectivity index (χ0) is 9.02. The molecule has 1 unspecified atom stereocenters. The summed E-state index contributed by atoms with van der Waals surface area (Å²) in [4.78, 5) is 20.6. The quantitative estimate of drug-likeness (QED) is 0.485. The second kappa shape index (κ2) is 3.92. The number of primary amides is 1. The molecule has 5 heteroatoms. The minimum Gasteiger partial charge on any atom is -0.480 e. The molecule has 0 heterocycles. The van der Waals surface area contributed by atoms with E-state index in [1.54, 1.807) is 6.92 Å². The predicted octanol–water partition coefficient (Wildman–Crippen LogP) is -1.09. The van der Waals surface area contributed by atoms with Gasteiger partial charge in [-0.25, -0.2) is 0 Å². The zero-order valence-corrected chi connectivity index (χ0v) is 6.28. The second-order valence-corrected chi connectivity index (χ2v) is 2.48. The van der Waals surface area contributed by atoms with Crippen LogP contribution in [-0.4, -0.2) is 23.0 Å². The summed E-state index contributed by atoms with van der Waals surface area (Å²) in [6.07, 6.45) is 0.0880. The van der Waals surface area contributed by atoms with Crippen molar-refractivity contribution in [3.8, 4) is 0 Å². The highest BCUT2D eigenvalue weighted by Crippen LogP contribution is 2.02. The number of amides is 1. The lowest BCUT2D eigenvalue weighted by Crippen LogP contribution is -2.35. The molecule has 0 aliphatic carbocycles. The third-order valence-corrected chi connectivity index (χ3v) is 1.41. The van der Waals surface area contributed by atoms with Crippen LogP contribution in [-0.2, 0) is 9.59 Å². The summed E-state index contributed by atoms with van der Waals surface area (Å²) < 4.78 is 0. The van der Waals surface area contributed by atoms with Crippen molar-refractivity contribution in [1.82, 2.24) is 0 Å². The average molecular weight is 160 g/mol. The minimum absolute atomic E-state index is 0.0880. The minimum atomic E-state index is -1.11. The molecule has 5 nitrogen and oxygen atoms in total. The Kier molecular flexibility index (Phi) is 3.53. The van der Waals surface area contributed by atoms with E-state index in [0.29, 0.717) is 0 Å². The molecule has 0 fully saturated rings. The van der Waals surface area contributed by atoms with Crippen LogP contribution < -0.4 is 11.5 Å². The molecule has 0 spiro atoms. The van der Waals surface area contributed by atoms with Crippen molar-refractivity contribution in [2.45, 2.75) is 19.4 Å². The molecule has 1 amide bonds. The van der Waals surface area contributed by atoms with Crippen molar-refractivity contribution in [3.63, 3.8) is 0 Å². The summed E-state index contributed by atoms with van der Waals surface area (Å²) in [7, 11) is 0. The lowest BCUT2D eigenvalue weighted by Gasteiger charge is -2.09. The maximum atomic E-state index is 10.4. The van der Waals surface area contributed by atoms with E-state index in [2.05, 4.69) is 0 Å². The number of rotatable bonds is 4. The molecule has 0 aliphatic heterocycles. The van der Waals surface area contributed by atoms with Crippen LogP contribution in [0, 0.1) is 5.92 Å². The Bertz CT molecular complexity index is 151. The van der Waals surface area contributed by atoms with Gasteiger partial charge in [-0.1, -0.05) is 6.92 Å². The molecular formula is C6H12N2O3. The van der Waals surface area contributed by atoms with Gasteiger partial charge in [-0.15, -0.1) is 0 Å². The van der Waals surface area contributed by atoms with Crippen LogP contribution in [0.5, 0.6) is 0 Å². The van der Waals surface area contributed by atoms with Crippen LogP contribution in [0.4, 0.5) is 0 Å². The van der Waals surface area contributed by atoms with Gasteiger partial charge in [-0.3, -0.25) is 9.59 Å². The fourth-order valence-corrected chi connectivity index (χ4v) is 0.598. The van der Waals surface area contributed by atoms with Crippen LogP contribution in [0.3, 0.4) is 0 Å². The van der Waals surface area contributed by atoms with E-state index < -0.39 is 23.8 Å². The first-order valence-electron chi connectivity index (χ1n) is 3.23. The molecule has 0 radical (unpaired) electrons. The maximum absolute atomic E-state index is 10.4. The smallest absolute Gasteiger partial charge is 0.320 e. The van der Waals surface area contributed by atoms with Gasteiger partial charge in [0, 0.05) is 5.92 Å². The van der Waals surface area contributed by atoms with Crippen LogP contribution in [0.25, 0.3) is 0 Å². The van der Waals surface area contributed by atoms with E-state index in [0.717, 1.165) is 0 Å². The molecule has 64 valence electrons. The van der Waals surface area contributed by atoms with Gasteiger partial charge in [0.25, 0.3) is 0 Å². The van der Waals surface area contributed by atoms with Gasteiger partial charge in [0.15, 0.2) is 0 Å². The zero-order valence-electron chi connectivity index (χ0n) is 6.28. The van der Waals surface area contributed by atoms with Gasteiger partial charge in [0.2, 0.25) is 5.91 Å². The Morgan fingerprint density at radius 1 is 1.55 bits per heavy atom. The van der Waals surface area contributed by atoms with E-state index in [-0.39, 0.29) is 6.42 Å². The van der Waals surface area contributed by atoms with Crippen molar-refractivity contribution >= 4 is 11.9 Å². The number of carboxylic acid groups (broad SMARTS) is 1. The number of carboxylic acids is 1. The van der Waals surface area contributed by atoms with E-state index in [9.17, 15) is 9.59 Å². The number of hydrogen-bond acceptors (Lipinski definition) is 3. The first-order valence-corrected chi connectivity index (χ1v) is 3.23. The normalized spacial score (nSPS) is 15.5. The van der Waals surface area contributed by atoms with E-state index in [4.69, 9.17) is 16.6 Å². The predicted molar refractivity (Wildman–Crippen MR) is 38.6 cm³/mol. The molecule has 0 aromatic heterocycles. The Morgan fingerprint density at radius 2 is 2.00 bits per heavy atom. The number of nitrogens with two attached hydrogens (primary N) is 2. The van der Waals surface area contributed by atoms with Gasteiger partial charge in [0.05, 0.1) is 0 Å². The number of carbonyl (C=O) groups is 2. The molecule has 2 atom stereocenters. The maximum Gasteiger partial charge on any atom is 0.320 e. The van der Waals surface area contributed by atoms with Gasteiger partial charge >= 0.3 is 5.97 Å². The van der Waals surface area contributed by atoms with Crippen molar-refractivity contribution < 1.29 is 14.7 Å². The second-order valence-electron chi connectivity index (χ2n) is 2.48. The fourth-order valence-electron chi connectivity index (χ4n) is 0.598. The summed E-state index contributed by atoms with van der Waals surface area (Å²) in [5.41, 5.74) is 10.0. The number of hydrogen-bond donors (Lipinski definition) is 3. The third kappa shape index (κ3) is 3.57. The molecule has 0 aromatic carbocycles. The van der Waals surface area contributed by atoms with Crippen molar-refractivity contribution in [2.75, 3.05) is 0 Å². The molecule has 0 saturated heterocycles. The summed E-state index contributed by atoms with van der Waals surface area (Å²) in [6, 6.07) is -1.00. The molecular weight excluding hydrogens is 148 g/mol. The Hall–Kier alpha value is -1.10. The summed E-state index contributed by atoms with van der Waals surface area (Å²) in [6.45, 7) is 1.55. The van der Waals surface area contributed by atoms with E-state index in [1.165, 1.54) is 0 Å². The summed E-state index contributed by atoms with van der Waals surface area (Å²) >= 11 is 0. The Morgan fingerprint density at radius 3 is 2.27 bits per heavy atom. The van der Waals surface area contributed by atoms with Crippen LogP contribution in [0.1, 0.15) is 13.3 Å². The van der Waals surface area contributed by atoms with Crippen molar-refractivity contribution in [1.29, 1.82) is 0 Å². The molecule has 0 rings (SSSR count). The first kappa shape index (κ1) is 9.90. The largest absolute Gasteiger partial charge is 0.480 e. The molecule has 5 N–H and O–H groups in total. The fraction of sp³-hybridized carbons (Fsp3) is 0.667. The number of aliphatic carboxylic acids is 1. The lowest BCUT2D eigenvalue weighted by molar-refractivity contribution is -0.139. The van der Waals surface area contributed by atoms with Crippen LogP contribution in [0.2, 0.25) is 0 Å². The van der Waals surface area contributed by atoms with Gasteiger partial charge in [-0.05, 0) is 6.42 Å². The summed E-state index contributed by atoms with van der Waals surface area (Å²) in [5.74, 6) is -2.12. The average Bonchev–Trinajstić information content (AvgIpc) is 1.87. The molecule has 0 bridgehead atoms. The number of carbonyl (C=O) groups excluding carboxylic acids is 1. The molecule has 0 aromatic rings. The topological polar surface area (TPSA) is 106 Å². The van der Waals surface area contributed by atoms with E-state index >= 15 is 0 Å². The van der Waals surface area contributed by atoms with Gasteiger partial charge in [0.1, 0.15) is 6.04 Å². The monoisotopic (exact) mass is 160 g/mol. The van der Waals surface area contributed by atoms with Crippen molar-refractivity contribution in [2.24, 2.45) is 17.4 Å². The summed E-state index contributed by atoms with van der Waals surface area (Å²) in [5, 5.41) is 8.34. The third-order valence-electron chi connectivity index (χ3n) is 1.41. The van der Waals surface area contributed by atoms with Crippen LogP contribution >= 0.6 is 0 Å². The van der Waals surface area contributed by atoms with Gasteiger partial charge in [-0.2, -0.15) is 0 Å². The molecule has 11 heavy (non-hydrogen) atoms. The highest BCUT2D eigenvalue weighted by Gasteiger charge is 2.18. The highest BCUT2D eigenvalue weighted by molar-refractivity contribution is 5.78. The van der Waals surface area contributed by atoms with Crippen molar-refractivity contribution in [3.05, 3.63) is 0 Å². The SMILES string of the molecule is CC(C[C@@H](N)C(=O)O)C(N)=O. The first-order chi connectivity index (χ1) is 4.95. The van der Waals surface area contributed by atoms with Crippen LogP contribution in [0.15, 0.2) is 0 Å². The van der Waals surface area contributed by atoms with E-state index in [1.807, 2.05) is 0 Å². The lowest BCUT2D eigenvalue weighted by atomic mass is 10.0. The van der Waals surface area contributed by atoms with Gasteiger partial charge < -0.3 is 16.6 Å². The Balaban J connectivity index is 3.84. The Labute approximate surface area is 64.4 Å². The molecule has 0 saturated carbocycles.